The summed E-state index contributed by atoms with van der Waals surface area (Å²) in [6.45, 7) is 4.52. The number of H-pyrrole nitrogens is 1. The summed E-state index contributed by atoms with van der Waals surface area (Å²) in [5.41, 5.74) is 3.09. The maximum atomic E-state index is 12.9. The van der Waals surface area contributed by atoms with Crippen molar-refractivity contribution in [3.8, 4) is 0 Å². The molecule has 5 heteroatoms. The van der Waals surface area contributed by atoms with Crippen LogP contribution in [0.25, 0.3) is 0 Å². The van der Waals surface area contributed by atoms with E-state index in [2.05, 4.69) is 4.98 Å². The summed E-state index contributed by atoms with van der Waals surface area (Å²) in [4.78, 5) is 3.54. The standard InChI is InChI=1S/C16H20N2O2S/c1-12-7-8-14(11-13(12)2)21(19,20)18-10-4-6-16(18)15-5-3-9-17-15/h3,5,7-9,11,16-17H,4,6,10H2,1-2H3. The first-order valence-electron chi connectivity index (χ1n) is 7.22. The number of aromatic nitrogens is 1. The molecule has 1 aliphatic heterocycles. The molecule has 2 heterocycles. The fraction of sp³-hybridized carbons (Fsp3) is 0.375. The molecule has 1 fully saturated rings. The number of aryl methyl sites for hydroxylation is 2. The Hall–Kier alpha value is -1.59. The quantitative estimate of drug-likeness (QED) is 0.947. The van der Waals surface area contributed by atoms with Crippen LogP contribution < -0.4 is 0 Å². The Kier molecular flexibility index (Phi) is 3.63. The maximum absolute atomic E-state index is 12.9. The van der Waals surface area contributed by atoms with Gasteiger partial charge < -0.3 is 4.98 Å². The Balaban J connectivity index is 1.99. The SMILES string of the molecule is Cc1ccc(S(=O)(=O)N2CCCC2c2ccc[nH]2)cc1C. The third kappa shape index (κ3) is 2.51. The average molecular weight is 304 g/mol. The van der Waals surface area contributed by atoms with E-state index in [1.54, 1.807) is 16.4 Å². The Morgan fingerprint density at radius 2 is 2.00 bits per heavy atom. The van der Waals surface area contributed by atoms with Gasteiger partial charge in [0.2, 0.25) is 10.0 Å². The summed E-state index contributed by atoms with van der Waals surface area (Å²) in [5, 5.41) is 0. The van der Waals surface area contributed by atoms with Gasteiger partial charge in [0.05, 0.1) is 10.9 Å². The lowest BCUT2D eigenvalue weighted by molar-refractivity contribution is 0.391. The number of hydrogen-bond acceptors (Lipinski definition) is 2. The zero-order valence-corrected chi connectivity index (χ0v) is 13.2. The van der Waals surface area contributed by atoms with E-state index in [0.717, 1.165) is 29.7 Å². The summed E-state index contributed by atoms with van der Waals surface area (Å²) < 4.78 is 27.5. The predicted octanol–water partition coefficient (Wildman–Crippen LogP) is 3.16. The minimum Gasteiger partial charge on any atom is -0.364 e. The number of rotatable bonds is 3. The molecule has 1 aliphatic rings. The number of aromatic amines is 1. The van der Waals surface area contributed by atoms with Crippen molar-refractivity contribution in [1.29, 1.82) is 0 Å². The van der Waals surface area contributed by atoms with Gasteiger partial charge in [0.25, 0.3) is 0 Å². The van der Waals surface area contributed by atoms with Crippen LogP contribution in [-0.4, -0.2) is 24.3 Å². The molecule has 112 valence electrons. The first-order valence-corrected chi connectivity index (χ1v) is 8.66. The number of sulfonamides is 1. The van der Waals surface area contributed by atoms with Crippen LogP contribution >= 0.6 is 0 Å². The summed E-state index contributed by atoms with van der Waals surface area (Å²) >= 11 is 0. The Labute approximate surface area is 125 Å². The molecule has 1 unspecified atom stereocenters. The minimum atomic E-state index is -3.44. The number of nitrogens with zero attached hydrogens (tertiary/aromatic N) is 1. The molecule has 0 aliphatic carbocycles. The van der Waals surface area contributed by atoms with Crippen LogP contribution in [0.4, 0.5) is 0 Å². The molecule has 0 amide bonds. The Bertz CT molecular complexity index is 736. The molecule has 3 rings (SSSR count). The average Bonchev–Trinajstić information content (AvgIpc) is 3.11. The third-order valence-corrected chi connectivity index (χ3v) is 6.17. The van der Waals surface area contributed by atoms with Crippen LogP contribution in [0.3, 0.4) is 0 Å². The molecular weight excluding hydrogens is 284 g/mol. The van der Waals surface area contributed by atoms with E-state index in [1.165, 1.54) is 0 Å². The van der Waals surface area contributed by atoms with Crippen LogP contribution in [0.2, 0.25) is 0 Å². The molecule has 21 heavy (non-hydrogen) atoms. The normalized spacial score (nSPS) is 20.0. The van der Waals surface area contributed by atoms with Crippen molar-refractivity contribution in [3.63, 3.8) is 0 Å². The zero-order chi connectivity index (χ0) is 15.0. The lowest BCUT2D eigenvalue weighted by Gasteiger charge is -2.23. The second-order valence-electron chi connectivity index (χ2n) is 5.65. The van der Waals surface area contributed by atoms with Crippen LogP contribution in [0, 0.1) is 13.8 Å². The molecule has 0 bridgehead atoms. The molecule has 1 N–H and O–H groups in total. The van der Waals surface area contributed by atoms with Crippen LogP contribution in [-0.2, 0) is 10.0 Å². The van der Waals surface area contributed by atoms with Crippen LogP contribution in [0.5, 0.6) is 0 Å². The van der Waals surface area contributed by atoms with E-state index in [0.29, 0.717) is 11.4 Å². The predicted molar refractivity (Wildman–Crippen MR) is 82.6 cm³/mol. The Morgan fingerprint density at radius 1 is 1.19 bits per heavy atom. The number of nitrogens with one attached hydrogen (secondary N) is 1. The van der Waals surface area contributed by atoms with E-state index in [4.69, 9.17) is 0 Å². The Morgan fingerprint density at radius 3 is 2.67 bits per heavy atom. The van der Waals surface area contributed by atoms with E-state index >= 15 is 0 Å². The summed E-state index contributed by atoms with van der Waals surface area (Å²) in [6, 6.07) is 9.15. The molecule has 0 radical (unpaired) electrons. The van der Waals surface area contributed by atoms with E-state index in [-0.39, 0.29) is 6.04 Å². The molecular formula is C16H20N2O2S. The minimum absolute atomic E-state index is 0.0772. The van der Waals surface area contributed by atoms with Crippen molar-refractivity contribution in [1.82, 2.24) is 9.29 Å². The van der Waals surface area contributed by atoms with Gasteiger partial charge in [-0.15, -0.1) is 0 Å². The zero-order valence-electron chi connectivity index (χ0n) is 12.3. The summed E-state index contributed by atoms with van der Waals surface area (Å²) in [6.07, 6.45) is 3.60. The van der Waals surface area contributed by atoms with E-state index in [1.807, 2.05) is 38.2 Å². The molecule has 1 saturated heterocycles. The first-order chi connectivity index (χ1) is 10.00. The van der Waals surface area contributed by atoms with E-state index in [9.17, 15) is 8.42 Å². The molecule has 0 spiro atoms. The van der Waals surface area contributed by atoms with Crippen LogP contribution in [0.1, 0.15) is 35.7 Å². The third-order valence-electron chi connectivity index (χ3n) is 4.27. The summed E-state index contributed by atoms with van der Waals surface area (Å²) in [5.74, 6) is 0. The van der Waals surface area contributed by atoms with Crippen molar-refractivity contribution in [2.45, 2.75) is 37.6 Å². The van der Waals surface area contributed by atoms with Gasteiger partial charge in [-0.1, -0.05) is 6.07 Å². The van der Waals surface area contributed by atoms with Crippen LogP contribution in [0.15, 0.2) is 41.4 Å². The summed E-state index contributed by atoms with van der Waals surface area (Å²) in [7, 11) is -3.44. The van der Waals surface area contributed by atoms with Gasteiger partial charge in [-0.2, -0.15) is 4.31 Å². The second-order valence-corrected chi connectivity index (χ2v) is 7.54. The van der Waals surface area contributed by atoms with Gasteiger partial charge in [0.15, 0.2) is 0 Å². The largest absolute Gasteiger partial charge is 0.364 e. The highest BCUT2D eigenvalue weighted by atomic mass is 32.2. The fourth-order valence-corrected chi connectivity index (χ4v) is 4.66. The molecule has 2 aromatic rings. The van der Waals surface area contributed by atoms with Gasteiger partial charge >= 0.3 is 0 Å². The van der Waals surface area contributed by atoms with Crippen molar-refractivity contribution in [3.05, 3.63) is 53.3 Å². The molecule has 1 atom stereocenters. The van der Waals surface area contributed by atoms with Gasteiger partial charge in [0.1, 0.15) is 0 Å². The molecule has 0 saturated carbocycles. The van der Waals surface area contributed by atoms with E-state index < -0.39 is 10.0 Å². The van der Waals surface area contributed by atoms with Gasteiger partial charge in [-0.3, -0.25) is 0 Å². The van der Waals surface area contributed by atoms with Gasteiger partial charge in [0, 0.05) is 18.4 Å². The van der Waals surface area contributed by atoms with Gasteiger partial charge in [-0.05, 0) is 62.1 Å². The molecule has 1 aromatic heterocycles. The van der Waals surface area contributed by atoms with Crippen molar-refractivity contribution in [2.75, 3.05) is 6.54 Å². The fourth-order valence-electron chi connectivity index (χ4n) is 2.90. The maximum Gasteiger partial charge on any atom is 0.243 e. The number of benzene rings is 1. The van der Waals surface area contributed by atoms with Crippen molar-refractivity contribution in [2.24, 2.45) is 0 Å². The molecule has 1 aromatic carbocycles. The van der Waals surface area contributed by atoms with Crippen molar-refractivity contribution < 1.29 is 8.42 Å². The van der Waals surface area contributed by atoms with Gasteiger partial charge in [-0.25, -0.2) is 8.42 Å². The van der Waals surface area contributed by atoms with Crippen molar-refractivity contribution >= 4 is 10.0 Å². The topological polar surface area (TPSA) is 53.2 Å². The molecule has 4 nitrogen and oxygen atoms in total. The monoisotopic (exact) mass is 304 g/mol. The smallest absolute Gasteiger partial charge is 0.243 e. The second kappa shape index (κ2) is 5.31. The highest BCUT2D eigenvalue weighted by Crippen LogP contribution is 2.36. The lowest BCUT2D eigenvalue weighted by atomic mass is 10.1. The first kappa shape index (κ1) is 14.4. The lowest BCUT2D eigenvalue weighted by Crippen LogP contribution is -2.30. The highest BCUT2D eigenvalue weighted by molar-refractivity contribution is 7.89. The highest BCUT2D eigenvalue weighted by Gasteiger charge is 2.36. The number of hydrogen-bond donors (Lipinski definition) is 1.